The first-order valence-electron chi connectivity index (χ1n) is 10.7. The summed E-state index contributed by atoms with van der Waals surface area (Å²) < 4.78 is 73.6. The molecule has 0 amide bonds. The van der Waals surface area contributed by atoms with Gasteiger partial charge in [-0.05, 0) is 47.9 Å². The third-order valence-corrected chi connectivity index (χ3v) is 6.76. The van der Waals surface area contributed by atoms with Crippen molar-refractivity contribution in [3.05, 3.63) is 89.6 Å². The van der Waals surface area contributed by atoms with Crippen LogP contribution in [-0.4, -0.2) is 31.6 Å². The predicted molar refractivity (Wildman–Crippen MR) is 128 cm³/mol. The average molecular weight is 501 g/mol. The number of halogens is 3. The van der Waals surface area contributed by atoms with Crippen LogP contribution in [0.25, 0.3) is 22.4 Å². The molecule has 0 N–H and O–H groups in total. The maximum absolute atomic E-state index is 14.5. The first-order chi connectivity index (χ1) is 16.5. The Balaban J connectivity index is 1.99. The lowest BCUT2D eigenvalue weighted by atomic mass is 9.97. The molecule has 0 radical (unpaired) electrons. The molecule has 9 heteroatoms. The molecule has 1 heterocycles. The van der Waals surface area contributed by atoms with Crippen molar-refractivity contribution in [2.75, 3.05) is 13.4 Å². The number of alkyl halides is 3. The second-order valence-corrected chi connectivity index (χ2v) is 10.2. The van der Waals surface area contributed by atoms with E-state index in [1.54, 1.807) is 55.5 Å². The first kappa shape index (κ1) is 24.5. The van der Waals surface area contributed by atoms with Gasteiger partial charge in [0.2, 0.25) is 0 Å². The van der Waals surface area contributed by atoms with E-state index in [4.69, 9.17) is 4.74 Å². The molecule has 0 spiro atoms. The number of methoxy groups -OCH3 is 1. The Morgan fingerprint density at radius 1 is 0.943 bits per heavy atom. The summed E-state index contributed by atoms with van der Waals surface area (Å²) in [5.74, 6) is 0.554. The van der Waals surface area contributed by atoms with Crippen molar-refractivity contribution < 1.29 is 26.3 Å². The highest BCUT2D eigenvalue weighted by Gasteiger charge is 2.40. The fourth-order valence-corrected chi connectivity index (χ4v) is 4.62. The van der Waals surface area contributed by atoms with Crippen LogP contribution in [0.1, 0.15) is 16.8 Å². The molecule has 0 aliphatic rings. The fourth-order valence-electron chi connectivity index (χ4n) is 3.99. The molecule has 4 aromatic rings. The Morgan fingerprint density at radius 3 is 2.11 bits per heavy atom. The van der Waals surface area contributed by atoms with Crippen molar-refractivity contribution in [3.63, 3.8) is 0 Å². The molecule has 0 bridgehead atoms. The van der Waals surface area contributed by atoms with Gasteiger partial charge >= 0.3 is 6.18 Å². The minimum atomic E-state index is -4.70. The summed E-state index contributed by atoms with van der Waals surface area (Å²) in [6, 6.07) is 19.3. The van der Waals surface area contributed by atoms with E-state index in [0.29, 0.717) is 28.0 Å². The Hall–Kier alpha value is -3.59. The fraction of sp³-hybridized carbons (Fsp3) is 0.192. The monoisotopic (exact) mass is 500 g/mol. The van der Waals surface area contributed by atoms with Crippen molar-refractivity contribution in [2.24, 2.45) is 0 Å². The quantitative estimate of drug-likeness (QED) is 0.326. The molecule has 0 aliphatic heterocycles. The number of nitrogens with zero attached hydrogens (tertiary/aromatic N) is 2. The topological polar surface area (TPSA) is 61.2 Å². The number of ether oxygens (including phenoxy) is 1. The predicted octanol–water partition coefficient (Wildman–Crippen LogP) is 6.00. The summed E-state index contributed by atoms with van der Waals surface area (Å²) >= 11 is 0. The number of hydrogen-bond acceptors (Lipinski definition) is 4. The van der Waals surface area contributed by atoms with E-state index in [1.165, 1.54) is 31.4 Å². The molecule has 4 rings (SSSR count). The second kappa shape index (κ2) is 9.22. The van der Waals surface area contributed by atoms with E-state index in [0.717, 1.165) is 10.9 Å². The SMILES string of the molecule is COc1ccc(-c2c(-c3ccc(S(C)(=O)=O)cc3)nn(Cc3ccccc3)c2C(F)(F)F)cc1C. The zero-order valence-electron chi connectivity index (χ0n) is 19.3. The third-order valence-electron chi connectivity index (χ3n) is 5.64. The Labute approximate surface area is 201 Å². The summed E-state index contributed by atoms with van der Waals surface area (Å²) in [6.07, 6.45) is -3.63. The van der Waals surface area contributed by atoms with E-state index in [9.17, 15) is 21.6 Å². The zero-order chi connectivity index (χ0) is 25.4. The summed E-state index contributed by atoms with van der Waals surface area (Å²) in [7, 11) is -1.97. The highest BCUT2D eigenvalue weighted by atomic mass is 32.2. The van der Waals surface area contributed by atoms with Crippen LogP contribution in [0.15, 0.2) is 77.7 Å². The molecule has 0 unspecified atom stereocenters. The van der Waals surface area contributed by atoms with Gasteiger partial charge in [-0.25, -0.2) is 8.42 Å². The van der Waals surface area contributed by atoms with Gasteiger partial charge in [0.15, 0.2) is 15.5 Å². The van der Waals surface area contributed by atoms with Gasteiger partial charge in [-0.15, -0.1) is 0 Å². The van der Waals surface area contributed by atoms with Crippen molar-refractivity contribution in [2.45, 2.75) is 24.5 Å². The van der Waals surface area contributed by atoms with Gasteiger partial charge in [0.25, 0.3) is 0 Å². The van der Waals surface area contributed by atoms with E-state index < -0.39 is 21.7 Å². The lowest BCUT2D eigenvalue weighted by Crippen LogP contribution is -2.16. The molecular formula is C26H23F3N2O3S. The van der Waals surface area contributed by atoms with Crippen LogP contribution < -0.4 is 4.74 Å². The minimum absolute atomic E-state index is 0.0721. The maximum atomic E-state index is 14.5. The Bertz CT molecular complexity index is 1460. The number of benzene rings is 3. The van der Waals surface area contributed by atoms with E-state index in [1.807, 2.05) is 0 Å². The van der Waals surface area contributed by atoms with Crippen LogP contribution in [0.2, 0.25) is 0 Å². The highest BCUT2D eigenvalue weighted by molar-refractivity contribution is 7.90. The normalized spacial score (nSPS) is 12.1. The summed E-state index contributed by atoms with van der Waals surface area (Å²) in [4.78, 5) is 0.0721. The number of hydrogen-bond donors (Lipinski definition) is 0. The molecule has 0 fully saturated rings. The number of aryl methyl sites for hydroxylation is 1. The highest BCUT2D eigenvalue weighted by Crippen LogP contribution is 2.44. The largest absolute Gasteiger partial charge is 0.496 e. The number of sulfone groups is 1. The summed E-state index contributed by atoms with van der Waals surface area (Å²) in [5, 5.41) is 4.40. The average Bonchev–Trinajstić information content (AvgIpc) is 3.19. The van der Waals surface area contributed by atoms with Gasteiger partial charge in [-0.1, -0.05) is 48.5 Å². The smallest absolute Gasteiger partial charge is 0.433 e. The standard InChI is InChI=1S/C26H23F3N2O3S/c1-17-15-20(11-14-22(17)34-2)23-24(19-9-12-21(13-10-19)35(3,32)33)30-31(25(23)26(27,28)29)16-18-7-5-4-6-8-18/h4-15H,16H2,1-3H3. The number of aromatic nitrogens is 2. The van der Waals surface area contributed by atoms with Crippen molar-refractivity contribution >= 4 is 9.84 Å². The Morgan fingerprint density at radius 2 is 1.57 bits per heavy atom. The number of rotatable bonds is 6. The minimum Gasteiger partial charge on any atom is -0.496 e. The van der Waals surface area contributed by atoms with Gasteiger partial charge < -0.3 is 4.74 Å². The van der Waals surface area contributed by atoms with Gasteiger partial charge in [0.1, 0.15) is 11.4 Å². The lowest BCUT2D eigenvalue weighted by Gasteiger charge is -2.14. The molecule has 0 atom stereocenters. The zero-order valence-corrected chi connectivity index (χ0v) is 20.1. The summed E-state index contributed by atoms with van der Waals surface area (Å²) in [5.41, 5.74) is 1.19. The maximum Gasteiger partial charge on any atom is 0.433 e. The summed E-state index contributed by atoms with van der Waals surface area (Å²) in [6.45, 7) is 1.67. The van der Waals surface area contributed by atoms with Crippen LogP contribution in [0.3, 0.4) is 0 Å². The molecule has 182 valence electrons. The van der Waals surface area contributed by atoms with Gasteiger partial charge in [-0.3, -0.25) is 4.68 Å². The van der Waals surface area contributed by atoms with Crippen LogP contribution in [0, 0.1) is 6.92 Å². The molecule has 5 nitrogen and oxygen atoms in total. The molecular weight excluding hydrogens is 477 g/mol. The molecule has 35 heavy (non-hydrogen) atoms. The van der Waals surface area contributed by atoms with Crippen molar-refractivity contribution in [1.29, 1.82) is 0 Å². The van der Waals surface area contributed by atoms with Crippen LogP contribution in [0.4, 0.5) is 13.2 Å². The van der Waals surface area contributed by atoms with Gasteiger partial charge in [0, 0.05) is 17.4 Å². The van der Waals surface area contributed by atoms with Crippen molar-refractivity contribution in [1.82, 2.24) is 9.78 Å². The van der Waals surface area contributed by atoms with E-state index in [-0.39, 0.29) is 22.7 Å². The molecule has 0 saturated carbocycles. The van der Waals surface area contributed by atoms with Crippen molar-refractivity contribution in [3.8, 4) is 28.1 Å². The Kier molecular flexibility index (Phi) is 6.46. The van der Waals surface area contributed by atoms with E-state index in [2.05, 4.69) is 5.10 Å². The third kappa shape index (κ3) is 5.09. The molecule has 3 aromatic carbocycles. The van der Waals surface area contributed by atoms with Crippen LogP contribution in [0.5, 0.6) is 5.75 Å². The van der Waals surface area contributed by atoms with Gasteiger partial charge in [0.05, 0.1) is 18.6 Å². The van der Waals surface area contributed by atoms with Gasteiger partial charge in [-0.2, -0.15) is 18.3 Å². The molecule has 0 saturated heterocycles. The second-order valence-electron chi connectivity index (χ2n) is 8.19. The van der Waals surface area contributed by atoms with Crippen LogP contribution in [-0.2, 0) is 22.6 Å². The first-order valence-corrected chi connectivity index (χ1v) is 12.6. The van der Waals surface area contributed by atoms with Crippen LogP contribution >= 0.6 is 0 Å². The molecule has 0 aliphatic carbocycles. The molecule has 1 aromatic heterocycles. The van der Waals surface area contributed by atoms with E-state index >= 15 is 0 Å². The lowest BCUT2D eigenvalue weighted by molar-refractivity contribution is -0.143.